The van der Waals surface area contributed by atoms with Crippen LogP contribution in [-0.4, -0.2) is 39.7 Å². The molecule has 0 spiro atoms. The van der Waals surface area contributed by atoms with Crippen LogP contribution in [-0.2, 0) is 14.8 Å². The van der Waals surface area contributed by atoms with Gasteiger partial charge in [-0.3, -0.25) is 0 Å². The number of ether oxygens (including phenoxy) is 1. The molecule has 1 aliphatic heterocycles. The zero-order valence-corrected chi connectivity index (χ0v) is 12.6. The maximum Gasteiger partial charge on any atom is 0.260 e. The predicted molar refractivity (Wildman–Crippen MR) is 77.1 cm³/mol. The van der Waals surface area contributed by atoms with E-state index in [-0.39, 0.29) is 17.0 Å². The molecule has 2 rings (SSSR count). The summed E-state index contributed by atoms with van der Waals surface area (Å²) in [5.74, 6) is 0.233. The molecular weight excluding hydrogens is 278 g/mol. The molecule has 1 fully saturated rings. The lowest BCUT2D eigenvalue weighted by atomic mass is 10.0. The van der Waals surface area contributed by atoms with Crippen molar-refractivity contribution in [1.82, 2.24) is 9.71 Å². The maximum atomic E-state index is 12.3. The first-order chi connectivity index (χ1) is 9.58. The summed E-state index contributed by atoms with van der Waals surface area (Å²) >= 11 is 0. The lowest BCUT2D eigenvalue weighted by Gasteiger charge is -2.17. The van der Waals surface area contributed by atoms with Crippen LogP contribution in [0.5, 0.6) is 0 Å². The molecule has 2 heterocycles. The minimum Gasteiger partial charge on any atom is -0.386 e. The second-order valence-corrected chi connectivity index (χ2v) is 6.51. The Morgan fingerprint density at radius 1 is 1.50 bits per heavy atom. The normalized spacial score (nSPS) is 22.9. The van der Waals surface area contributed by atoms with E-state index in [0.29, 0.717) is 18.8 Å². The van der Waals surface area contributed by atoms with E-state index in [4.69, 9.17) is 4.74 Å². The fourth-order valence-electron chi connectivity index (χ4n) is 2.46. The molecule has 2 atom stereocenters. The predicted octanol–water partition coefficient (Wildman–Crippen LogP) is 1.22. The van der Waals surface area contributed by atoms with Crippen LogP contribution in [0.1, 0.15) is 19.8 Å². The van der Waals surface area contributed by atoms with Crippen molar-refractivity contribution in [2.45, 2.75) is 30.9 Å². The smallest absolute Gasteiger partial charge is 0.260 e. The number of hydrogen-bond donors (Lipinski definition) is 2. The molecule has 0 amide bonds. The summed E-state index contributed by atoms with van der Waals surface area (Å²) in [6, 6.07) is 3.39. The number of sulfonamides is 1. The lowest BCUT2D eigenvalue weighted by molar-refractivity contribution is 0.0884. The summed E-state index contributed by atoms with van der Waals surface area (Å²) in [6.07, 6.45) is 3.41. The van der Waals surface area contributed by atoms with Crippen molar-refractivity contribution in [3.63, 3.8) is 0 Å². The molecule has 0 saturated carbocycles. The molecule has 20 heavy (non-hydrogen) atoms. The van der Waals surface area contributed by atoms with E-state index >= 15 is 0 Å². The number of rotatable bonds is 6. The van der Waals surface area contributed by atoms with Gasteiger partial charge in [0.25, 0.3) is 10.0 Å². The molecule has 1 aromatic heterocycles. The minimum atomic E-state index is -3.60. The van der Waals surface area contributed by atoms with Crippen LogP contribution in [0.25, 0.3) is 0 Å². The van der Waals surface area contributed by atoms with Crippen molar-refractivity contribution >= 4 is 15.7 Å². The second kappa shape index (κ2) is 6.51. The van der Waals surface area contributed by atoms with E-state index in [1.54, 1.807) is 19.2 Å². The van der Waals surface area contributed by atoms with Crippen molar-refractivity contribution in [2.75, 3.05) is 25.5 Å². The van der Waals surface area contributed by atoms with Crippen molar-refractivity contribution in [1.29, 1.82) is 0 Å². The van der Waals surface area contributed by atoms with E-state index in [0.717, 1.165) is 12.8 Å². The van der Waals surface area contributed by atoms with E-state index in [9.17, 15) is 8.42 Å². The van der Waals surface area contributed by atoms with E-state index < -0.39 is 10.0 Å². The van der Waals surface area contributed by atoms with Gasteiger partial charge < -0.3 is 10.1 Å². The first-order valence-corrected chi connectivity index (χ1v) is 8.31. The number of nitrogens with one attached hydrogen (secondary N) is 2. The Kier molecular flexibility index (Phi) is 4.95. The highest BCUT2D eigenvalue weighted by Crippen LogP contribution is 2.23. The van der Waals surface area contributed by atoms with Crippen molar-refractivity contribution in [3.05, 3.63) is 18.3 Å². The second-order valence-electron chi connectivity index (χ2n) is 4.82. The summed E-state index contributed by atoms with van der Waals surface area (Å²) in [7, 11) is -1.93. The molecule has 1 aliphatic rings. The van der Waals surface area contributed by atoms with Crippen LogP contribution in [0.4, 0.5) is 5.69 Å². The van der Waals surface area contributed by atoms with E-state index in [1.165, 1.54) is 6.20 Å². The topological polar surface area (TPSA) is 80.3 Å². The molecule has 2 N–H and O–H groups in total. The Morgan fingerprint density at radius 2 is 2.30 bits per heavy atom. The molecule has 112 valence electrons. The highest BCUT2D eigenvalue weighted by atomic mass is 32.2. The molecule has 0 radical (unpaired) electrons. The van der Waals surface area contributed by atoms with Gasteiger partial charge in [-0.1, -0.05) is 6.92 Å². The van der Waals surface area contributed by atoms with Crippen LogP contribution in [0.3, 0.4) is 0 Å². The van der Waals surface area contributed by atoms with Crippen LogP contribution in [0.15, 0.2) is 23.4 Å². The summed E-state index contributed by atoms with van der Waals surface area (Å²) in [4.78, 5) is 3.96. The van der Waals surface area contributed by atoms with Gasteiger partial charge in [-0.05, 0) is 25.0 Å². The lowest BCUT2D eigenvalue weighted by Crippen LogP contribution is -2.33. The Morgan fingerprint density at radius 3 is 3.00 bits per heavy atom. The van der Waals surface area contributed by atoms with Crippen LogP contribution >= 0.6 is 0 Å². The van der Waals surface area contributed by atoms with Gasteiger partial charge in [0.05, 0.1) is 11.8 Å². The van der Waals surface area contributed by atoms with Crippen LogP contribution in [0.2, 0.25) is 0 Å². The Labute approximate surface area is 120 Å². The number of pyridine rings is 1. The van der Waals surface area contributed by atoms with E-state index in [2.05, 4.69) is 21.9 Å². The van der Waals surface area contributed by atoms with Gasteiger partial charge in [0.2, 0.25) is 0 Å². The zero-order valence-electron chi connectivity index (χ0n) is 11.8. The van der Waals surface area contributed by atoms with Crippen LogP contribution < -0.4 is 10.0 Å². The molecule has 0 bridgehead atoms. The van der Waals surface area contributed by atoms with Gasteiger partial charge >= 0.3 is 0 Å². The van der Waals surface area contributed by atoms with Gasteiger partial charge in [0.15, 0.2) is 5.03 Å². The zero-order chi connectivity index (χ0) is 14.6. The minimum absolute atomic E-state index is 0.0365. The first-order valence-electron chi connectivity index (χ1n) is 6.82. The van der Waals surface area contributed by atoms with Gasteiger partial charge in [0.1, 0.15) is 0 Å². The quantitative estimate of drug-likeness (QED) is 0.825. The third-order valence-corrected chi connectivity index (χ3v) is 4.96. The Hall–Kier alpha value is -1.18. The molecule has 7 heteroatoms. The SMILES string of the molecule is CCC1OCCC1CNS(=O)(=O)c1ncccc1NC. The van der Waals surface area contributed by atoms with Crippen molar-refractivity contribution in [3.8, 4) is 0 Å². The number of hydrogen-bond acceptors (Lipinski definition) is 5. The highest BCUT2D eigenvalue weighted by molar-refractivity contribution is 7.89. The third-order valence-electron chi connectivity index (χ3n) is 3.58. The average Bonchev–Trinajstić information content (AvgIpc) is 2.92. The molecule has 0 aliphatic carbocycles. The summed E-state index contributed by atoms with van der Waals surface area (Å²) in [5.41, 5.74) is 0.495. The first kappa shape index (κ1) is 15.2. The summed E-state index contributed by atoms with van der Waals surface area (Å²) < 4.78 is 32.8. The largest absolute Gasteiger partial charge is 0.386 e. The van der Waals surface area contributed by atoms with Gasteiger partial charge in [-0.25, -0.2) is 18.1 Å². The number of nitrogens with zero attached hydrogens (tertiary/aromatic N) is 1. The number of anilines is 1. The Bertz CT molecular complexity index is 548. The standard InChI is InChI=1S/C13H21N3O3S/c1-3-12-10(6-8-19-12)9-16-20(17,18)13-11(14-2)5-4-7-15-13/h4-5,7,10,12,14,16H,3,6,8-9H2,1-2H3. The van der Waals surface area contributed by atoms with Crippen molar-refractivity contribution < 1.29 is 13.2 Å². The van der Waals surface area contributed by atoms with Crippen LogP contribution in [0, 0.1) is 5.92 Å². The Balaban J connectivity index is 2.08. The van der Waals surface area contributed by atoms with E-state index in [1.807, 2.05) is 0 Å². The maximum absolute atomic E-state index is 12.3. The van der Waals surface area contributed by atoms with Crippen molar-refractivity contribution in [2.24, 2.45) is 5.92 Å². The summed E-state index contributed by atoms with van der Waals surface area (Å²) in [6.45, 7) is 3.15. The molecule has 0 aromatic carbocycles. The molecule has 2 unspecified atom stereocenters. The monoisotopic (exact) mass is 299 g/mol. The summed E-state index contributed by atoms with van der Waals surface area (Å²) in [5, 5.41) is 2.88. The fourth-order valence-corrected chi connectivity index (χ4v) is 3.69. The molecule has 6 nitrogen and oxygen atoms in total. The third kappa shape index (κ3) is 3.28. The molecule has 1 aromatic rings. The van der Waals surface area contributed by atoms with Gasteiger partial charge in [-0.15, -0.1) is 0 Å². The average molecular weight is 299 g/mol. The highest BCUT2D eigenvalue weighted by Gasteiger charge is 2.29. The van der Waals surface area contributed by atoms with Gasteiger partial charge in [-0.2, -0.15) is 0 Å². The number of aromatic nitrogens is 1. The fraction of sp³-hybridized carbons (Fsp3) is 0.615. The molecule has 1 saturated heterocycles. The van der Waals surface area contributed by atoms with Gasteiger partial charge in [0, 0.05) is 32.3 Å². The molecular formula is C13H21N3O3S.